The molecule has 0 N–H and O–H groups in total. The van der Waals surface area contributed by atoms with Gasteiger partial charge in [0.1, 0.15) is 0 Å². The fourth-order valence-corrected chi connectivity index (χ4v) is 3.05. The van der Waals surface area contributed by atoms with Crippen LogP contribution in [0.3, 0.4) is 0 Å². The van der Waals surface area contributed by atoms with Gasteiger partial charge in [-0.1, -0.05) is 43.4 Å². The highest BCUT2D eigenvalue weighted by Crippen LogP contribution is 2.12. The molecule has 0 bridgehead atoms. The molecule has 0 unspecified atom stereocenters. The highest BCUT2D eigenvalue weighted by molar-refractivity contribution is 5.77. The molecule has 136 valence electrons. The molecule has 4 nitrogen and oxygen atoms in total. The Hall–Kier alpha value is -1.83. The Labute approximate surface area is 152 Å². The summed E-state index contributed by atoms with van der Waals surface area (Å²) in [5.74, 6) is 6.57. The zero-order chi connectivity index (χ0) is 18.1. The molecule has 0 radical (unpaired) electrons. The highest BCUT2D eigenvalue weighted by atomic mass is 16.2. The van der Waals surface area contributed by atoms with Gasteiger partial charge in [0.15, 0.2) is 0 Å². The van der Waals surface area contributed by atoms with E-state index in [0.717, 1.165) is 44.6 Å². The van der Waals surface area contributed by atoms with Gasteiger partial charge in [-0.05, 0) is 32.6 Å². The van der Waals surface area contributed by atoms with Crippen LogP contribution in [0.4, 0.5) is 0 Å². The summed E-state index contributed by atoms with van der Waals surface area (Å²) in [5, 5.41) is 0. The van der Waals surface area contributed by atoms with Gasteiger partial charge in [0, 0.05) is 44.2 Å². The van der Waals surface area contributed by atoms with Crippen LogP contribution in [0, 0.1) is 11.8 Å². The Balaban J connectivity index is 1.95. The van der Waals surface area contributed by atoms with Crippen molar-refractivity contribution in [1.82, 2.24) is 14.7 Å². The van der Waals surface area contributed by atoms with Crippen LogP contribution < -0.4 is 0 Å². The predicted molar refractivity (Wildman–Crippen MR) is 103 cm³/mol. The third-order valence-corrected chi connectivity index (χ3v) is 4.80. The molecule has 1 aromatic rings. The molecule has 25 heavy (non-hydrogen) atoms. The van der Waals surface area contributed by atoms with E-state index in [1.54, 1.807) is 0 Å². The molecule has 0 spiro atoms. The van der Waals surface area contributed by atoms with Crippen LogP contribution in [0.1, 0.15) is 31.7 Å². The van der Waals surface area contributed by atoms with E-state index in [1.807, 2.05) is 35.2 Å². The van der Waals surface area contributed by atoms with Crippen molar-refractivity contribution in [2.24, 2.45) is 0 Å². The first-order chi connectivity index (χ1) is 12.1. The topological polar surface area (TPSA) is 26.8 Å². The number of piperazine rings is 1. The predicted octanol–water partition coefficient (Wildman–Crippen LogP) is 2.30. The van der Waals surface area contributed by atoms with Crippen molar-refractivity contribution in [3.8, 4) is 11.8 Å². The van der Waals surface area contributed by atoms with Crippen molar-refractivity contribution < 1.29 is 4.79 Å². The van der Waals surface area contributed by atoms with E-state index >= 15 is 0 Å². The molecule has 1 amide bonds. The second-order valence-electron chi connectivity index (χ2n) is 6.94. The van der Waals surface area contributed by atoms with E-state index < -0.39 is 0 Å². The van der Waals surface area contributed by atoms with Gasteiger partial charge >= 0.3 is 0 Å². The molecule has 1 saturated heterocycles. The Morgan fingerprint density at radius 2 is 2.00 bits per heavy atom. The molecular formula is C21H31N3O. The lowest BCUT2D eigenvalue weighted by molar-refractivity contribution is -0.132. The maximum Gasteiger partial charge on any atom is 0.224 e. The Morgan fingerprint density at radius 3 is 2.72 bits per heavy atom. The number of unbranched alkanes of at least 4 members (excludes halogenated alkanes) is 1. The summed E-state index contributed by atoms with van der Waals surface area (Å²) < 4.78 is 0. The second-order valence-corrected chi connectivity index (χ2v) is 6.94. The summed E-state index contributed by atoms with van der Waals surface area (Å²) in [7, 11) is 4.25. The third kappa shape index (κ3) is 6.53. The van der Waals surface area contributed by atoms with E-state index in [9.17, 15) is 4.79 Å². The zero-order valence-corrected chi connectivity index (χ0v) is 15.9. The molecule has 2 rings (SSSR count). The molecule has 0 saturated carbocycles. The lowest BCUT2D eigenvalue weighted by Crippen LogP contribution is -2.51. The summed E-state index contributed by atoms with van der Waals surface area (Å²) >= 11 is 0. The van der Waals surface area contributed by atoms with Crippen LogP contribution in [0.15, 0.2) is 30.3 Å². The third-order valence-electron chi connectivity index (χ3n) is 4.80. The maximum atomic E-state index is 12.8. The van der Waals surface area contributed by atoms with Crippen molar-refractivity contribution in [3.63, 3.8) is 0 Å². The minimum atomic E-state index is 0.225. The number of carbonyl (C=O) groups is 1. The normalized spacial score (nSPS) is 18.4. The van der Waals surface area contributed by atoms with E-state index in [0.29, 0.717) is 19.0 Å². The zero-order valence-electron chi connectivity index (χ0n) is 15.9. The Kier molecular flexibility index (Phi) is 7.97. The number of hydrogen-bond donors (Lipinski definition) is 0. The highest BCUT2D eigenvalue weighted by Gasteiger charge is 2.26. The number of likely N-dealkylation sites (N-methyl/N-ethyl adjacent to an activating group) is 2. The number of nitrogens with zero attached hydrogens (tertiary/aromatic N) is 3. The van der Waals surface area contributed by atoms with E-state index in [4.69, 9.17) is 0 Å². The van der Waals surface area contributed by atoms with Crippen molar-refractivity contribution in [1.29, 1.82) is 0 Å². The van der Waals surface area contributed by atoms with Crippen LogP contribution in [0.5, 0.6) is 0 Å². The summed E-state index contributed by atoms with van der Waals surface area (Å²) in [6, 6.07) is 10.3. The minimum absolute atomic E-state index is 0.225. The summed E-state index contributed by atoms with van der Waals surface area (Å²) in [4.78, 5) is 19.4. The van der Waals surface area contributed by atoms with Gasteiger partial charge in [0.05, 0.1) is 6.54 Å². The Morgan fingerprint density at radius 1 is 1.24 bits per heavy atom. The standard InChI is InChI=1S/C21H31N3O/c1-4-5-13-24(14-9-12-19-10-7-6-8-11-19)21(25)17-20-18-22(2)15-16-23(20)3/h6-8,10-11,20H,4-5,13-18H2,1-3H3/t20-/m1/s1. The van der Waals surface area contributed by atoms with Crippen LogP contribution in [0.2, 0.25) is 0 Å². The molecule has 1 atom stereocenters. The SMILES string of the molecule is CCCCN(CC#Cc1ccccc1)C(=O)C[C@@H]1CN(C)CCN1C. The van der Waals surface area contributed by atoms with Crippen LogP contribution >= 0.6 is 0 Å². The molecule has 1 aliphatic heterocycles. The number of benzene rings is 1. The first-order valence-electron chi connectivity index (χ1n) is 9.30. The molecule has 4 heteroatoms. The second kappa shape index (κ2) is 10.2. The molecule has 0 aromatic heterocycles. The average molecular weight is 341 g/mol. The fraction of sp³-hybridized carbons (Fsp3) is 0.571. The first-order valence-corrected chi connectivity index (χ1v) is 9.30. The van der Waals surface area contributed by atoms with Crippen LogP contribution in [0.25, 0.3) is 0 Å². The van der Waals surface area contributed by atoms with Gasteiger partial charge < -0.3 is 14.7 Å². The van der Waals surface area contributed by atoms with Crippen molar-refractivity contribution >= 4 is 5.91 Å². The van der Waals surface area contributed by atoms with Gasteiger partial charge in [0.25, 0.3) is 0 Å². The summed E-state index contributed by atoms with van der Waals surface area (Å²) in [6.45, 7) is 6.52. The minimum Gasteiger partial charge on any atom is -0.331 e. The Bertz CT molecular complexity index is 590. The van der Waals surface area contributed by atoms with E-state index in [1.165, 1.54) is 0 Å². The van der Waals surface area contributed by atoms with Crippen molar-refractivity contribution in [2.75, 3.05) is 46.8 Å². The van der Waals surface area contributed by atoms with Gasteiger partial charge in [0.2, 0.25) is 5.91 Å². The van der Waals surface area contributed by atoms with E-state index in [2.05, 4.69) is 42.7 Å². The molecular weight excluding hydrogens is 310 g/mol. The van der Waals surface area contributed by atoms with Gasteiger partial charge in [-0.25, -0.2) is 0 Å². The van der Waals surface area contributed by atoms with Crippen LogP contribution in [-0.2, 0) is 4.79 Å². The number of hydrogen-bond acceptors (Lipinski definition) is 3. The average Bonchev–Trinajstić information content (AvgIpc) is 2.62. The summed E-state index contributed by atoms with van der Waals surface area (Å²) in [6.07, 6.45) is 2.69. The quantitative estimate of drug-likeness (QED) is 0.743. The van der Waals surface area contributed by atoms with Crippen molar-refractivity contribution in [3.05, 3.63) is 35.9 Å². The number of amides is 1. The number of rotatable bonds is 6. The molecule has 1 aliphatic rings. The number of carbonyl (C=O) groups excluding carboxylic acids is 1. The van der Waals surface area contributed by atoms with E-state index in [-0.39, 0.29) is 5.91 Å². The van der Waals surface area contributed by atoms with Gasteiger partial charge in [-0.15, -0.1) is 0 Å². The van der Waals surface area contributed by atoms with Gasteiger partial charge in [-0.2, -0.15) is 0 Å². The lowest BCUT2D eigenvalue weighted by Gasteiger charge is -2.38. The molecule has 1 heterocycles. The monoisotopic (exact) mass is 341 g/mol. The van der Waals surface area contributed by atoms with Gasteiger partial charge in [-0.3, -0.25) is 4.79 Å². The fourth-order valence-electron chi connectivity index (χ4n) is 3.05. The largest absolute Gasteiger partial charge is 0.331 e. The molecule has 0 aliphatic carbocycles. The van der Waals surface area contributed by atoms with Crippen LogP contribution in [-0.4, -0.2) is 73.5 Å². The first kappa shape index (κ1) is 19.5. The summed E-state index contributed by atoms with van der Waals surface area (Å²) in [5.41, 5.74) is 0.999. The van der Waals surface area contributed by atoms with Crippen molar-refractivity contribution in [2.45, 2.75) is 32.2 Å². The molecule has 1 aromatic carbocycles. The maximum absolute atomic E-state index is 12.8. The smallest absolute Gasteiger partial charge is 0.224 e. The lowest BCUT2D eigenvalue weighted by atomic mass is 10.1. The molecule has 1 fully saturated rings.